The van der Waals surface area contributed by atoms with E-state index in [0.29, 0.717) is 0 Å². The summed E-state index contributed by atoms with van der Waals surface area (Å²) >= 11 is 11.5. The molecule has 0 unspecified atom stereocenters. The molecule has 0 aliphatic rings. The second-order valence-electron chi connectivity index (χ2n) is 3.59. The fraction of sp³-hybridized carbons (Fsp3) is 0.444. The summed E-state index contributed by atoms with van der Waals surface area (Å²) in [4.78, 5) is 19.1. The van der Waals surface area contributed by atoms with Crippen LogP contribution in [0.4, 0.5) is 5.82 Å². The predicted molar refractivity (Wildman–Crippen MR) is 63.5 cm³/mol. The normalized spacial score (nSPS) is 12.6. The molecular weight excluding hydrogens is 251 g/mol. The Morgan fingerprint density at radius 2 is 2.06 bits per heavy atom. The molecule has 0 saturated heterocycles. The Kier molecular flexibility index (Phi) is 4.46. The lowest BCUT2D eigenvalue weighted by atomic mass is 10.1. The molecule has 0 aliphatic carbocycles. The lowest BCUT2D eigenvalue weighted by molar-refractivity contribution is -0.118. The van der Waals surface area contributed by atoms with E-state index < -0.39 is 6.04 Å². The molecule has 1 aromatic rings. The maximum Gasteiger partial charge on any atom is 0.242 e. The van der Waals surface area contributed by atoms with Gasteiger partial charge in [0.1, 0.15) is 11.3 Å². The van der Waals surface area contributed by atoms with Gasteiger partial charge >= 0.3 is 0 Å². The fourth-order valence-electron chi connectivity index (χ4n) is 0.938. The van der Waals surface area contributed by atoms with Gasteiger partial charge in [-0.05, 0) is 5.92 Å². The second-order valence-corrected chi connectivity index (χ2v) is 4.32. The van der Waals surface area contributed by atoms with E-state index >= 15 is 0 Å². The number of nitrogens with two attached hydrogens (primary N) is 1. The highest BCUT2D eigenvalue weighted by atomic mass is 35.5. The van der Waals surface area contributed by atoms with Crippen molar-refractivity contribution >= 4 is 34.9 Å². The van der Waals surface area contributed by atoms with Crippen LogP contribution < -0.4 is 11.1 Å². The monoisotopic (exact) mass is 262 g/mol. The van der Waals surface area contributed by atoms with Gasteiger partial charge in [-0.25, -0.2) is 9.97 Å². The highest BCUT2D eigenvalue weighted by molar-refractivity contribution is 6.42. The Morgan fingerprint density at radius 3 is 2.62 bits per heavy atom. The van der Waals surface area contributed by atoms with Gasteiger partial charge in [-0.1, -0.05) is 37.0 Å². The van der Waals surface area contributed by atoms with Crippen LogP contribution in [0.2, 0.25) is 10.2 Å². The van der Waals surface area contributed by atoms with E-state index in [4.69, 9.17) is 28.9 Å². The maximum absolute atomic E-state index is 11.6. The number of carbonyl (C=O) groups excluding carboxylic acids is 1. The SMILES string of the molecule is CC(C)[C@@H](N)C(=O)Nc1ncnc(Cl)c1Cl. The summed E-state index contributed by atoms with van der Waals surface area (Å²) in [6, 6.07) is -0.621. The highest BCUT2D eigenvalue weighted by Gasteiger charge is 2.19. The minimum atomic E-state index is -0.621. The predicted octanol–water partition coefficient (Wildman–Crippen LogP) is 1.71. The van der Waals surface area contributed by atoms with Gasteiger partial charge in [0, 0.05) is 0 Å². The molecule has 5 nitrogen and oxygen atoms in total. The number of halogens is 2. The summed E-state index contributed by atoms with van der Waals surface area (Å²) in [5.74, 6) is -0.162. The van der Waals surface area contributed by atoms with E-state index in [-0.39, 0.29) is 27.8 Å². The topological polar surface area (TPSA) is 80.9 Å². The molecule has 0 aromatic carbocycles. The second kappa shape index (κ2) is 5.43. The lowest BCUT2D eigenvalue weighted by Gasteiger charge is -2.15. The molecular formula is C9H12Cl2N4O. The number of carbonyl (C=O) groups is 1. The minimum absolute atomic E-state index is 0.0242. The molecule has 0 saturated carbocycles. The van der Waals surface area contributed by atoms with Crippen LogP contribution in [0.1, 0.15) is 13.8 Å². The molecule has 7 heteroatoms. The van der Waals surface area contributed by atoms with Crippen LogP contribution in [-0.4, -0.2) is 21.9 Å². The number of hydrogen-bond acceptors (Lipinski definition) is 4. The third kappa shape index (κ3) is 3.04. The first-order valence-corrected chi connectivity index (χ1v) is 5.41. The summed E-state index contributed by atoms with van der Waals surface area (Å²) in [7, 11) is 0. The molecule has 0 radical (unpaired) electrons. The third-order valence-corrected chi connectivity index (χ3v) is 2.75. The lowest BCUT2D eigenvalue weighted by Crippen LogP contribution is -2.40. The third-order valence-electron chi connectivity index (χ3n) is 2.01. The van der Waals surface area contributed by atoms with Crippen molar-refractivity contribution in [1.29, 1.82) is 0 Å². The van der Waals surface area contributed by atoms with E-state index in [9.17, 15) is 4.79 Å². The highest BCUT2D eigenvalue weighted by Crippen LogP contribution is 2.25. The molecule has 0 fully saturated rings. The van der Waals surface area contributed by atoms with Gasteiger partial charge < -0.3 is 11.1 Å². The fourth-order valence-corrected chi connectivity index (χ4v) is 1.22. The zero-order valence-electron chi connectivity index (χ0n) is 8.87. The first-order valence-electron chi connectivity index (χ1n) is 4.66. The van der Waals surface area contributed by atoms with Gasteiger partial charge in [0.05, 0.1) is 6.04 Å². The number of nitrogens with zero attached hydrogens (tertiary/aromatic N) is 2. The van der Waals surface area contributed by atoms with Gasteiger partial charge in [-0.3, -0.25) is 4.79 Å². The molecule has 1 aromatic heterocycles. The summed E-state index contributed by atoms with van der Waals surface area (Å²) < 4.78 is 0. The van der Waals surface area contributed by atoms with Crippen molar-refractivity contribution in [2.45, 2.75) is 19.9 Å². The molecule has 1 atom stereocenters. The number of nitrogens with one attached hydrogen (secondary N) is 1. The summed E-state index contributed by atoms with van der Waals surface area (Å²) in [5, 5.41) is 2.69. The van der Waals surface area contributed by atoms with Gasteiger partial charge in [-0.2, -0.15) is 0 Å². The van der Waals surface area contributed by atoms with Gasteiger partial charge in [0.25, 0.3) is 0 Å². The van der Waals surface area contributed by atoms with Crippen LogP contribution in [-0.2, 0) is 4.79 Å². The molecule has 3 N–H and O–H groups in total. The number of anilines is 1. The van der Waals surface area contributed by atoms with Crippen LogP contribution in [0.25, 0.3) is 0 Å². The Morgan fingerprint density at radius 1 is 1.44 bits per heavy atom. The zero-order chi connectivity index (χ0) is 12.3. The number of rotatable bonds is 3. The van der Waals surface area contributed by atoms with Crippen molar-refractivity contribution < 1.29 is 4.79 Å². The standard InChI is InChI=1S/C9H12Cl2N4O/c1-4(2)6(12)9(16)15-8-5(10)7(11)13-3-14-8/h3-4,6H,12H2,1-2H3,(H,13,14,15,16)/t6-/m1/s1. The van der Waals surface area contributed by atoms with Gasteiger partial charge in [-0.15, -0.1) is 0 Å². The average Bonchev–Trinajstić information content (AvgIpc) is 2.23. The molecule has 1 heterocycles. The van der Waals surface area contributed by atoms with Crippen molar-refractivity contribution in [3.63, 3.8) is 0 Å². The Balaban J connectivity index is 2.81. The van der Waals surface area contributed by atoms with Crippen molar-refractivity contribution in [1.82, 2.24) is 9.97 Å². The van der Waals surface area contributed by atoms with Gasteiger partial charge in [0.2, 0.25) is 5.91 Å². The summed E-state index contributed by atoms with van der Waals surface area (Å²) in [5.41, 5.74) is 5.66. The van der Waals surface area contributed by atoms with Gasteiger partial charge in [0.15, 0.2) is 11.0 Å². The van der Waals surface area contributed by atoms with Crippen LogP contribution in [0.15, 0.2) is 6.33 Å². The maximum atomic E-state index is 11.6. The largest absolute Gasteiger partial charge is 0.320 e. The van der Waals surface area contributed by atoms with Crippen molar-refractivity contribution in [2.24, 2.45) is 11.7 Å². The molecule has 0 spiro atoms. The Bertz CT molecular complexity index is 397. The van der Waals surface area contributed by atoms with Crippen LogP contribution >= 0.6 is 23.2 Å². The zero-order valence-corrected chi connectivity index (χ0v) is 10.4. The number of aromatic nitrogens is 2. The van der Waals surface area contributed by atoms with Crippen LogP contribution in [0.3, 0.4) is 0 Å². The molecule has 1 rings (SSSR count). The van der Waals surface area contributed by atoms with Crippen molar-refractivity contribution in [3.05, 3.63) is 16.5 Å². The van der Waals surface area contributed by atoms with E-state index in [1.54, 1.807) is 0 Å². The number of amides is 1. The number of hydrogen-bond donors (Lipinski definition) is 2. The van der Waals surface area contributed by atoms with E-state index in [0.717, 1.165) is 0 Å². The molecule has 0 bridgehead atoms. The first-order chi connectivity index (χ1) is 7.43. The molecule has 1 amide bonds. The van der Waals surface area contributed by atoms with E-state index in [1.165, 1.54) is 6.33 Å². The smallest absolute Gasteiger partial charge is 0.242 e. The summed E-state index contributed by atoms with van der Waals surface area (Å²) in [6.07, 6.45) is 1.21. The average molecular weight is 263 g/mol. The van der Waals surface area contributed by atoms with Crippen LogP contribution in [0, 0.1) is 5.92 Å². The van der Waals surface area contributed by atoms with Crippen LogP contribution in [0.5, 0.6) is 0 Å². The summed E-state index contributed by atoms with van der Waals surface area (Å²) in [6.45, 7) is 3.69. The first kappa shape index (κ1) is 13.2. The van der Waals surface area contributed by atoms with E-state index in [1.807, 2.05) is 13.8 Å². The Labute approximate surface area is 103 Å². The Hall–Kier alpha value is -0.910. The molecule has 0 aliphatic heterocycles. The molecule has 88 valence electrons. The molecule has 16 heavy (non-hydrogen) atoms. The van der Waals surface area contributed by atoms with E-state index in [2.05, 4.69) is 15.3 Å². The van der Waals surface area contributed by atoms with Crippen molar-refractivity contribution in [3.8, 4) is 0 Å². The minimum Gasteiger partial charge on any atom is -0.320 e. The quantitative estimate of drug-likeness (QED) is 0.813. The van der Waals surface area contributed by atoms with Crippen molar-refractivity contribution in [2.75, 3.05) is 5.32 Å².